The van der Waals surface area contributed by atoms with E-state index in [1.165, 1.54) is 18.2 Å². The van der Waals surface area contributed by atoms with Gasteiger partial charge in [0.25, 0.3) is 5.69 Å². The Hall–Kier alpha value is -3.58. The van der Waals surface area contributed by atoms with Crippen LogP contribution in [0.2, 0.25) is 5.02 Å². The summed E-state index contributed by atoms with van der Waals surface area (Å²) in [7, 11) is 0. The highest BCUT2D eigenvalue weighted by Gasteiger charge is 2.17. The summed E-state index contributed by atoms with van der Waals surface area (Å²) in [6, 6.07) is 20.3. The van der Waals surface area contributed by atoms with Crippen molar-refractivity contribution in [3.63, 3.8) is 0 Å². The molecule has 8 heteroatoms. The number of nitrogens with zero attached hydrogens (tertiary/aromatic N) is 1. The summed E-state index contributed by atoms with van der Waals surface area (Å²) < 4.78 is 5.80. The highest BCUT2D eigenvalue weighted by atomic mass is 35.5. The third-order valence-electron chi connectivity index (χ3n) is 4.34. The Balaban J connectivity index is 1.65. The van der Waals surface area contributed by atoms with Crippen LogP contribution in [0.3, 0.4) is 0 Å². The molecular weight excluding hydrogens is 406 g/mol. The van der Waals surface area contributed by atoms with Crippen LogP contribution >= 0.6 is 11.6 Å². The summed E-state index contributed by atoms with van der Waals surface area (Å²) in [6.07, 6.45) is 0. The lowest BCUT2D eigenvalue weighted by molar-refractivity contribution is -0.384. The molecule has 0 spiro atoms. The minimum Gasteiger partial charge on any atom is -0.489 e. The van der Waals surface area contributed by atoms with Crippen molar-refractivity contribution in [2.75, 3.05) is 10.6 Å². The number of nitro groups is 1. The molecule has 154 valence electrons. The summed E-state index contributed by atoms with van der Waals surface area (Å²) in [5.74, 6) is 0.426. The number of hydrogen-bond acceptors (Lipinski definition) is 5. The number of benzene rings is 3. The van der Waals surface area contributed by atoms with E-state index in [4.69, 9.17) is 16.3 Å². The summed E-state index contributed by atoms with van der Waals surface area (Å²) >= 11 is 6.05. The van der Waals surface area contributed by atoms with Gasteiger partial charge in [-0.1, -0.05) is 48.0 Å². The van der Waals surface area contributed by atoms with Crippen molar-refractivity contribution < 1.29 is 14.5 Å². The second-order valence-corrected chi connectivity index (χ2v) is 6.94. The van der Waals surface area contributed by atoms with Gasteiger partial charge in [-0.2, -0.15) is 0 Å². The van der Waals surface area contributed by atoms with Gasteiger partial charge in [0.1, 0.15) is 18.4 Å². The molecular formula is C22H20ClN3O4. The molecule has 0 radical (unpaired) electrons. The number of anilines is 2. The average Bonchev–Trinajstić information content (AvgIpc) is 2.75. The topological polar surface area (TPSA) is 93.5 Å². The van der Waals surface area contributed by atoms with Gasteiger partial charge in [0.15, 0.2) is 0 Å². The Morgan fingerprint density at radius 2 is 1.77 bits per heavy atom. The smallest absolute Gasteiger partial charge is 0.271 e. The molecule has 3 rings (SSSR count). The molecule has 0 fully saturated rings. The molecule has 2 N–H and O–H groups in total. The molecule has 0 saturated carbocycles. The fourth-order valence-corrected chi connectivity index (χ4v) is 2.95. The zero-order chi connectivity index (χ0) is 21.5. The van der Waals surface area contributed by atoms with Crippen molar-refractivity contribution >= 4 is 34.6 Å². The number of ether oxygens (including phenoxy) is 1. The van der Waals surface area contributed by atoms with Gasteiger partial charge < -0.3 is 15.4 Å². The van der Waals surface area contributed by atoms with Gasteiger partial charge in [-0.05, 0) is 31.2 Å². The molecule has 1 atom stereocenters. The van der Waals surface area contributed by atoms with E-state index in [0.717, 1.165) is 17.0 Å². The van der Waals surface area contributed by atoms with Gasteiger partial charge in [0, 0.05) is 23.4 Å². The molecule has 3 aromatic carbocycles. The van der Waals surface area contributed by atoms with E-state index in [2.05, 4.69) is 10.6 Å². The second-order valence-electron chi connectivity index (χ2n) is 6.54. The van der Waals surface area contributed by atoms with Crippen LogP contribution in [0.25, 0.3) is 0 Å². The third kappa shape index (κ3) is 5.48. The first kappa shape index (κ1) is 21.1. The Kier molecular flexibility index (Phi) is 6.87. The quantitative estimate of drug-likeness (QED) is 0.379. The monoisotopic (exact) mass is 425 g/mol. The molecule has 0 aliphatic carbocycles. The van der Waals surface area contributed by atoms with Gasteiger partial charge in [-0.25, -0.2) is 0 Å². The number of amides is 1. The fourth-order valence-electron chi connectivity index (χ4n) is 2.72. The maximum absolute atomic E-state index is 12.6. The molecule has 1 unspecified atom stereocenters. The van der Waals surface area contributed by atoms with Gasteiger partial charge in [0.05, 0.1) is 15.6 Å². The van der Waals surface area contributed by atoms with Crippen molar-refractivity contribution in [1.29, 1.82) is 0 Å². The van der Waals surface area contributed by atoms with Gasteiger partial charge in [-0.15, -0.1) is 0 Å². The molecule has 7 nitrogen and oxygen atoms in total. The van der Waals surface area contributed by atoms with Crippen LogP contribution in [0.15, 0.2) is 72.8 Å². The van der Waals surface area contributed by atoms with Crippen molar-refractivity contribution in [2.45, 2.75) is 19.6 Å². The number of carbonyl (C=O) groups excluding carboxylic acids is 1. The van der Waals surface area contributed by atoms with Gasteiger partial charge in [-0.3, -0.25) is 14.9 Å². The van der Waals surface area contributed by atoms with Crippen LogP contribution < -0.4 is 15.4 Å². The minimum atomic E-state index is -0.589. The molecule has 30 heavy (non-hydrogen) atoms. The standard InChI is InChI=1S/C22H20ClN3O4/c1-15(22(27)25-21-12-11-17(26(28)29)13-19(21)23)24-20-10-6-5-7-16(20)14-30-18-8-3-2-4-9-18/h2-13,15,24H,14H2,1H3,(H,25,27). The number of nitrogens with one attached hydrogen (secondary N) is 2. The molecule has 0 heterocycles. The summed E-state index contributed by atoms with van der Waals surface area (Å²) in [4.78, 5) is 22.8. The maximum atomic E-state index is 12.6. The van der Waals surface area contributed by atoms with E-state index in [9.17, 15) is 14.9 Å². The average molecular weight is 426 g/mol. The molecule has 3 aromatic rings. The van der Waals surface area contributed by atoms with Crippen LogP contribution in [-0.2, 0) is 11.4 Å². The number of hydrogen-bond donors (Lipinski definition) is 2. The molecule has 0 aliphatic rings. The summed E-state index contributed by atoms with van der Waals surface area (Å²) in [6.45, 7) is 2.05. The van der Waals surface area contributed by atoms with E-state index >= 15 is 0 Å². The number of halogens is 1. The fraction of sp³-hybridized carbons (Fsp3) is 0.136. The minimum absolute atomic E-state index is 0.0985. The molecule has 0 aromatic heterocycles. The van der Waals surface area contributed by atoms with E-state index in [0.29, 0.717) is 12.3 Å². The maximum Gasteiger partial charge on any atom is 0.271 e. The second kappa shape index (κ2) is 9.76. The Morgan fingerprint density at radius 3 is 2.47 bits per heavy atom. The SMILES string of the molecule is CC(Nc1ccccc1COc1ccccc1)C(=O)Nc1ccc([N+](=O)[O-])cc1Cl. The molecule has 1 amide bonds. The number of nitro benzene ring substituents is 1. The summed E-state index contributed by atoms with van der Waals surface area (Å²) in [5.41, 5.74) is 1.83. The van der Waals surface area contributed by atoms with Crippen LogP contribution in [-0.4, -0.2) is 16.9 Å². The van der Waals surface area contributed by atoms with Crippen LogP contribution in [0.4, 0.5) is 17.1 Å². The van der Waals surface area contributed by atoms with Crippen LogP contribution in [0.1, 0.15) is 12.5 Å². The predicted octanol–water partition coefficient (Wildman–Crippen LogP) is 5.27. The molecule has 0 bridgehead atoms. The zero-order valence-electron chi connectivity index (χ0n) is 16.2. The first-order chi connectivity index (χ1) is 14.4. The predicted molar refractivity (Wildman–Crippen MR) is 117 cm³/mol. The number of para-hydroxylation sites is 2. The lowest BCUT2D eigenvalue weighted by atomic mass is 10.1. The van der Waals surface area contributed by atoms with Crippen LogP contribution in [0.5, 0.6) is 5.75 Å². The van der Waals surface area contributed by atoms with Crippen molar-refractivity contribution in [3.8, 4) is 5.75 Å². The highest BCUT2D eigenvalue weighted by Crippen LogP contribution is 2.27. The lowest BCUT2D eigenvalue weighted by Gasteiger charge is -2.18. The Bertz CT molecular complexity index is 1040. The van der Waals surface area contributed by atoms with Crippen molar-refractivity contribution in [3.05, 3.63) is 93.5 Å². The third-order valence-corrected chi connectivity index (χ3v) is 4.65. The van der Waals surface area contributed by atoms with E-state index in [-0.39, 0.29) is 16.6 Å². The lowest BCUT2D eigenvalue weighted by Crippen LogP contribution is -2.32. The molecule has 0 aliphatic heterocycles. The van der Waals surface area contributed by atoms with Crippen molar-refractivity contribution in [1.82, 2.24) is 0 Å². The number of rotatable bonds is 8. The Labute approximate surface area is 178 Å². The summed E-state index contributed by atoms with van der Waals surface area (Å²) in [5, 5.41) is 16.8. The van der Waals surface area contributed by atoms with E-state index < -0.39 is 11.0 Å². The first-order valence-electron chi connectivity index (χ1n) is 9.21. The van der Waals surface area contributed by atoms with Crippen LogP contribution in [0, 0.1) is 10.1 Å². The number of non-ortho nitro benzene ring substituents is 1. The van der Waals surface area contributed by atoms with Gasteiger partial charge >= 0.3 is 0 Å². The first-order valence-corrected chi connectivity index (χ1v) is 9.59. The largest absolute Gasteiger partial charge is 0.489 e. The molecule has 0 saturated heterocycles. The van der Waals surface area contributed by atoms with E-state index in [1.807, 2.05) is 54.6 Å². The zero-order valence-corrected chi connectivity index (χ0v) is 16.9. The van der Waals surface area contributed by atoms with Gasteiger partial charge in [0.2, 0.25) is 5.91 Å². The van der Waals surface area contributed by atoms with E-state index in [1.54, 1.807) is 6.92 Å². The van der Waals surface area contributed by atoms with Crippen molar-refractivity contribution in [2.24, 2.45) is 0 Å². The number of carbonyl (C=O) groups is 1. The normalized spacial score (nSPS) is 11.4. The Morgan fingerprint density at radius 1 is 1.07 bits per heavy atom. The highest BCUT2D eigenvalue weighted by molar-refractivity contribution is 6.34.